The van der Waals surface area contributed by atoms with E-state index in [-0.39, 0.29) is 18.0 Å². The van der Waals surface area contributed by atoms with Gasteiger partial charge in [-0.25, -0.2) is 0 Å². The van der Waals surface area contributed by atoms with Gasteiger partial charge in [-0.1, -0.05) is 25.5 Å². The largest absolute Gasteiger partial charge is 0.573 e. The number of alkyl halides is 3. The van der Waals surface area contributed by atoms with Crippen LogP contribution < -0.4 is 10.5 Å². The SMILES string of the molecule is CCCC(N)C(=O)Cc1ccc(OC(F)(F)F)cc1. The van der Waals surface area contributed by atoms with E-state index in [2.05, 4.69) is 4.74 Å². The van der Waals surface area contributed by atoms with Crippen LogP contribution in [0.2, 0.25) is 0 Å². The summed E-state index contributed by atoms with van der Waals surface area (Å²) < 4.78 is 39.6. The highest BCUT2D eigenvalue weighted by Gasteiger charge is 2.30. The molecule has 0 saturated heterocycles. The Hall–Kier alpha value is -1.56. The van der Waals surface area contributed by atoms with E-state index in [1.54, 1.807) is 0 Å². The first-order valence-electron chi connectivity index (χ1n) is 5.95. The van der Waals surface area contributed by atoms with Crippen molar-refractivity contribution in [2.45, 2.75) is 38.6 Å². The van der Waals surface area contributed by atoms with Crippen LogP contribution in [0, 0.1) is 0 Å². The average molecular weight is 275 g/mol. The summed E-state index contributed by atoms with van der Waals surface area (Å²) in [5.74, 6) is -0.423. The predicted octanol–water partition coefficient (Wildman–Crippen LogP) is 2.82. The molecule has 0 spiro atoms. The lowest BCUT2D eigenvalue weighted by atomic mass is 10.0. The van der Waals surface area contributed by atoms with Crippen LogP contribution in [-0.4, -0.2) is 18.2 Å². The third-order valence-corrected chi connectivity index (χ3v) is 2.55. The molecule has 0 saturated carbocycles. The van der Waals surface area contributed by atoms with Gasteiger partial charge in [-0.15, -0.1) is 13.2 Å². The molecule has 6 heteroatoms. The Bertz CT molecular complexity index is 415. The topological polar surface area (TPSA) is 52.3 Å². The Balaban J connectivity index is 2.59. The van der Waals surface area contributed by atoms with Gasteiger partial charge >= 0.3 is 6.36 Å². The van der Waals surface area contributed by atoms with E-state index < -0.39 is 12.4 Å². The Morgan fingerprint density at radius 3 is 2.37 bits per heavy atom. The molecule has 0 fully saturated rings. The second kappa shape index (κ2) is 6.56. The van der Waals surface area contributed by atoms with Crippen LogP contribution in [0.1, 0.15) is 25.3 Å². The van der Waals surface area contributed by atoms with Gasteiger partial charge in [0.05, 0.1) is 6.04 Å². The Morgan fingerprint density at radius 1 is 1.32 bits per heavy atom. The summed E-state index contributed by atoms with van der Waals surface area (Å²) in [7, 11) is 0. The number of carbonyl (C=O) groups excluding carboxylic acids is 1. The molecule has 106 valence electrons. The molecule has 1 atom stereocenters. The fourth-order valence-corrected chi connectivity index (χ4v) is 1.61. The minimum atomic E-state index is -4.71. The van der Waals surface area contributed by atoms with E-state index >= 15 is 0 Å². The monoisotopic (exact) mass is 275 g/mol. The van der Waals surface area contributed by atoms with Crippen molar-refractivity contribution in [3.63, 3.8) is 0 Å². The van der Waals surface area contributed by atoms with Gasteiger partial charge in [0, 0.05) is 6.42 Å². The van der Waals surface area contributed by atoms with Gasteiger partial charge in [0.15, 0.2) is 5.78 Å². The summed E-state index contributed by atoms with van der Waals surface area (Å²) in [6.07, 6.45) is -3.17. The van der Waals surface area contributed by atoms with Gasteiger partial charge in [-0.2, -0.15) is 0 Å². The standard InChI is InChI=1S/C13H16F3NO2/c1-2-3-11(17)12(18)8-9-4-6-10(7-5-9)19-13(14,15)16/h4-7,11H,2-3,8,17H2,1H3. The molecule has 19 heavy (non-hydrogen) atoms. The molecule has 0 aliphatic heterocycles. The average Bonchev–Trinajstić information content (AvgIpc) is 2.30. The molecule has 1 aromatic rings. The molecule has 0 radical (unpaired) electrons. The van der Waals surface area contributed by atoms with E-state index in [0.717, 1.165) is 6.42 Å². The van der Waals surface area contributed by atoms with Crippen LogP contribution in [0.15, 0.2) is 24.3 Å². The number of carbonyl (C=O) groups is 1. The summed E-state index contributed by atoms with van der Waals surface area (Å²) >= 11 is 0. The van der Waals surface area contributed by atoms with E-state index in [0.29, 0.717) is 12.0 Å². The summed E-state index contributed by atoms with van der Waals surface area (Å²) in [6, 6.07) is 4.70. The highest BCUT2D eigenvalue weighted by molar-refractivity contribution is 5.85. The van der Waals surface area contributed by atoms with Gasteiger partial charge in [0.25, 0.3) is 0 Å². The van der Waals surface area contributed by atoms with Gasteiger partial charge in [-0.3, -0.25) is 4.79 Å². The van der Waals surface area contributed by atoms with Gasteiger partial charge in [-0.05, 0) is 24.1 Å². The normalized spacial score (nSPS) is 13.1. The number of halogens is 3. The highest BCUT2D eigenvalue weighted by Crippen LogP contribution is 2.22. The van der Waals surface area contributed by atoms with Crippen molar-refractivity contribution in [2.24, 2.45) is 5.73 Å². The molecule has 0 aromatic heterocycles. The minimum absolute atomic E-state index is 0.119. The summed E-state index contributed by atoms with van der Waals surface area (Å²) in [4.78, 5) is 11.7. The van der Waals surface area contributed by atoms with E-state index in [1.807, 2.05) is 6.92 Å². The van der Waals surface area contributed by atoms with Crippen molar-refractivity contribution < 1.29 is 22.7 Å². The lowest BCUT2D eigenvalue weighted by Crippen LogP contribution is -2.31. The van der Waals surface area contributed by atoms with E-state index in [9.17, 15) is 18.0 Å². The molecule has 0 bridgehead atoms. The lowest BCUT2D eigenvalue weighted by Gasteiger charge is -2.11. The highest BCUT2D eigenvalue weighted by atomic mass is 19.4. The molecule has 0 heterocycles. The number of ketones is 1. The quantitative estimate of drug-likeness (QED) is 0.868. The van der Waals surface area contributed by atoms with Crippen LogP contribution in [0.5, 0.6) is 5.75 Å². The van der Waals surface area contributed by atoms with E-state index in [4.69, 9.17) is 5.73 Å². The first kappa shape index (κ1) is 15.5. The molecule has 0 amide bonds. The maximum absolute atomic E-state index is 11.9. The van der Waals surface area contributed by atoms with Gasteiger partial charge in [0.2, 0.25) is 0 Å². The first-order chi connectivity index (χ1) is 8.81. The number of Topliss-reactive ketones (excluding diaryl/α,β-unsaturated/α-hetero) is 1. The first-order valence-corrected chi connectivity index (χ1v) is 5.95. The zero-order valence-corrected chi connectivity index (χ0v) is 10.5. The summed E-state index contributed by atoms with van der Waals surface area (Å²) in [6.45, 7) is 1.93. The smallest absolute Gasteiger partial charge is 0.406 e. The zero-order chi connectivity index (χ0) is 14.5. The number of nitrogens with two attached hydrogens (primary N) is 1. The van der Waals surface area contributed by atoms with Crippen molar-refractivity contribution in [2.75, 3.05) is 0 Å². The fourth-order valence-electron chi connectivity index (χ4n) is 1.61. The zero-order valence-electron chi connectivity index (χ0n) is 10.5. The van der Waals surface area contributed by atoms with Crippen molar-refractivity contribution in [3.05, 3.63) is 29.8 Å². The molecule has 0 aliphatic rings. The van der Waals surface area contributed by atoms with Gasteiger partial charge in [0.1, 0.15) is 5.75 Å². The molecular weight excluding hydrogens is 259 g/mol. The predicted molar refractivity (Wildman–Crippen MR) is 64.7 cm³/mol. The Morgan fingerprint density at radius 2 is 1.89 bits per heavy atom. The second-order valence-electron chi connectivity index (χ2n) is 4.23. The number of ether oxygens (including phenoxy) is 1. The van der Waals surface area contributed by atoms with Crippen molar-refractivity contribution in [3.8, 4) is 5.75 Å². The van der Waals surface area contributed by atoms with Gasteiger partial charge < -0.3 is 10.5 Å². The fraction of sp³-hybridized carbons (Fsp3) is 0.462. The third-order valence-electron chi connectivity index (χ3n) is 2.55. The number of hydrogen-bond acceptors (Lipinski definition) is 3. The molecular formula is C13H16F3NO2. The number of hydrogen-bond donors (Lipinski definition) is 1. The van der Waals surface area contributed by atoms with Crippen LogP contribution in [0.25, 0.3) is 0 Å². The van der Waals surface area contributed by atoms with Crippen molar-refractivity contribution in [1.29, 1.82) is 0 Å². The van der Waals surface area contributed by atoms with Crippen LogP contribution in [0.3, 0.4) is 0 Å². The van der Waals surface area contributed by atoms with Crippen LogP contribution in [0.4, 0.5) is 13.2 Å². The van der Waals surface area contributed by atoms with Crippen molar-refractivity contribution >= 4 is 5.78 Å². The molecule has 0 aliphatic carbocycles. The number of benzene rings is 1. The third kappa shape index (κ3) is 5.74. The lowest BCUT2D eigenvalue weighted by molar-refractivity contribution is -0.274. The maximum Gasteiger partial charge on any atom is 0.573 e. The molecule has 1 rings (SSSR count). The molecule has 1 aromatic carbocycles. The summed E-state index contributed by atoms with van der Waals surface area (Å²) in [5.41, 5.74) is 6.28. The number of rotatable bonds is 6. The van der Waals surface area contributed by atoms with Crippen molar-refractivity contribution in [1.82, 2.24) is 0 Å². The van der Waals surface area contributed by atoms with Crippen LogP contribution >= 0.6 is 0 Å². The molecule has 3 nitrogen and oxygen atoms in total. The van der Waals surface area contributed by atoms with Crippen LogP contribution in [-0.2, 0) is 11.2 Å². The molecule has 1 unspecified atom stereocenters. The maximum atomic E-state index is 11.9. The molecule has 2 N–H and O–H groups in total. The van der Waals surface area contributed by atoms with E-state index in [1.165, 1.54) is 24.3 Å². The Labute approximate surface area is 109 Å². The second-order valence-corrected chi connectivity index (χ2v) is 4.23. The Kier molecular flexibility index (Phi) is 5.35. The minimum Gasteiger partial charge on any atom is -0.406 e. The summed E-state index contributed by atoms with van der Waals surface area (Å²) in [5, 5.41) is 0.